The Morgan fingerprint density at radius 3 is 2.06 bits per heavy atom. The van der Waals surface area contributed by atoms with Crippen LogP contribution in [0.5, 0.6) is 0 Å². The summed E-state index contributed by atoms with van der Waals surface area (Å²) in [6, 6.07) is 9.44. The van der Waals surface area contributed by atoms with Crippen molar-refractivity contribution >= 4 is 5.69 Å². The lowest BCUT2D eigenvalue weighted by molar-refractivity contribution is 0.443. The van der Waals surface area contributed by atoms with E-state index in [1.807, 2.05) is 0 Å². The van der Waals surface area contributed by atoms with Crippen LogP contribution in [0.25, 0.3) is 0 Å². The Morgan fingerprint density at radius 1 is 0.765 bits per heavy atom. The standard InChI is InChI=1S/C16H23N/c1-2-6-14(7-3-1)15-8-10-16(11-9-15)17-12-4-5-13-17/h8-11,14H,1-7,12-13H2. The number of hydrogen-bond donors (Lipinski definition) is 0. The van der Waals surface area contributed by atoms with Crippen molar-refractivity contribution in [3.05, 3.63) is 29.8 Å². The zero-order chi connectivity index (χ0) is 11.5. The van der Waals surface area contributed by atoms with Crippen molar-refractivity contribution in [2.45, 2.75) is 50.9 Å². The van der Waals surface area contributed by atoms with E-state index in [2.05, 4.69) is 29.2 Å². The second-order valence-corrected chi connectivity index (χ2v) is 5.62. The van der Waals surface area contributed by atoms with Gasteiger partial charge in [0.2, 0.25) is 0 Å². The number of rotatable bonds is 2. The van der Waals surface area contributed by atoms with Crippen LogP contribution in [0.4, 0.5) is 5.69 Å². The second-order valence-electron chi connectivity index (χ2n) is 5.62. The first-order chi connectivity index (χ1) is 8.43. The van der Waals surface area contributed by atoms with E-state index in [1.165, 1.54) is 63.7 Å². The van der Waals surface area contributed by atoms with Gasteiger partial charge in [0.05, 0.1) is 0 Å². The molecule has 0 radical (unpaired) electrons. The fourth-order valence-corrected chi connectivity index (χ4v) is 3.37. The van der Waals surface area contributed by atoms with Crippen LogP contribution in [0.1, 0.15) is 56.4 Å². The fourth-order valence-electron chi connectivity index (χ4n) is 3.37. The van der Waals surface area contributed by atoms with Crippen molar-refractivity contribution in [2.24, 2.45) is 0 Å². The highest BCUT2D eigenvalue weighted by Crippen LogP contribution is 2.33. The maximum atomic E-state index is 2.52. The summed E-state index contributed by atoms with van der Waals surface area (Å²) in [7, 11) is 0. The van der Waals surface area contributed by atoms with Crippen molar-refractivity contribution in [1.29, 1.82) is 0 Å². The molecule has 1 saturated carbocycles. The van der Waals surface area contributed by atoms with E-state index in [4.69, 9.17) is 0 Å². The Morgan fingerprint density at radius 2 is 1.41 bits per heavy atom. The molecule has 1 nitrogen and oxygen atoms in total. The van der Waals surface area contributed by atoms with E-state index in [1.54, 1.807) is 5.56 Å². The molecule has 0 atom stereocenters. The average Bonchev–Trinajstić information content (AvgIpc) is 2.94. The van der Waals surface area contributed by atoms with Gasteiger partial charge < -0.3 is 4.90 Å². The molecule has 1 aromatic rings. The third-order valence-electron chi connectivity index (χ3n) is 4.44. The smallest absolute Gasteiger partial charge is 0.0366 e. The van der Waals surface area contributed by atoms with Gasteiger partial charge in [0.25, 0.3) is 0 Å². The van der Waals surface area contributed by atoms with E-state index in [0.717, 1.165) is 5.92 Å². The van der Waals surface area contributed by atoms with Crippen LogP contribution in [0, 0.1) is 0 Å². The van der Waals surface area contributed by atoms with Crippen LogP contribution < -0.4 is 4.90 Å². The SMILES string of the molecule is c1cc(N2CCCC2)ccc1C1CCCCC1. The molecule has 1 aliphatic heterocycles. The van der Waals surface area contributed by atoms with Gasteiger partial charge in [-0.05, 0) is 49.3 Å². The van der Waals surface area contributed by atoms with Crippen LogP contribution in [-0.4, -0.2) is 13.1 Å². The van der Waals surface area contributed by atoms with Crippen molar-refractivity contribution in [3.8, 4) is 0 Å². The number of benzene rings is 1. The first-order valence-corrected chi connectivity index (χ1v) is 7.28. The van der Waals surface area contributed by atoms with Gasteiger partial charge in [0.15, 0.2) is 0 Å². The molecular weight excluding hydrogens is 206 g/mol. The topological polar surface area (TPSA) is 3.24 Å². The molecule has 1 aromatic carbocycles. The van der Waals surface area contributed by atoms with E-state index < -0.39 is 0 Å². The molecular formula is C16H23N. The van der Waals surface area contributed by atoms with E-state index in [0.29, 0.717) is 0 Å². The molecule has 2 aliphatic rings. The van der Waals surface area contributed by atoms with E-state index in [9.17, 15) is 0 Å². The molecule has 0 amide bonds. The Balaban J connectivity index is 1.70. The maximum absolute atomic E-state index is 2.52. The van der Waals surface area contributed by atoms with Crippen LogP contribution >= 0.6 is 0 Å². The summed E-state index contributed by atoms with van der Waals surface area (Å²) in [4.78, 5) is 2.52. The molecule has 3 rings (SSSR count). The molecule has 17 heavy (non-hydrogen) atoms. The summed E-state index contributed by atoms with van der Waals surface area (Å²) >= 11 is 0. The van der Waals surface area contributed by atoms with Gasteiger partial charge >= 0.3 is 0 Å². The number of hydrogen-bond acceptors (Lipinski definition) is 1. The van der Waals surface area contributed by atoms with Gasteiger partial charge in [-0.1, -0.05) is 31.4 Å². The minimum atomic E-state index is 0.844. The normalized spacial score (nSPS) is 22.0. The number of anilines is 1. The third kappa shape index (κ3) is 2.48. The first-order valence-electron chi connectivity index (χ1n) is 7.28. The third-order valence-corrected chi connectivity index (χ3v) is 4.44. The Kier molecular flexibility index (Phi) is 3.35. The largest absolute Gasteiger partial charge is 0.372 e. The quantitative estimate of drug-likeness (QED) is 0.729. The summed E-state index contributed by atoms with van der Waals surface area (Å²) in [5.74, 6) is 0.844. The van der Waals surface area contributed by atoms with Crippen LogP contribution in [0.15, 0.2) is 24.3 Å². The highest BCUT2D eigenvalue weighted by Gasteiger charge is 2.16. The minimum Gasteiger partial charge on any atom is -0.372 e. The maximum Gasteiger partial charge on any atom is 0.0366 e. The van der Waals surface area contributed by atoms with Crippen molar-refractivity contribution in [2.75, 3.05) is 18.0 Å². The molecule has 0 unspecified atom stereocenters. The molecule has 0 aromatic heterocycles. The fraction of sp³-hybridized carbons (Fsp3) is 0.625. The summed E-state index contributed by atoms with van der Waals surface area (Å²) in [6.07, 6.45) is 9.85. The molecule has 0 spiro atoms. The molecule has 92 valence electrons. The summed E-state index contributed by atoms with van der Waals surface area (Å²) in [5, 5.41) is 0. The van der Waals surface area contributed by atoms with Gasteiger partial charge in [-0.25, -0.2) is 0 Å². The Bertz CT molecular complexity index is 342. The van der Waals surface area contributed by atoms with Gasteiger partial charge in [-0.3, -0.25) is 0 Å². The lowest BCUT2D eigenvalue weighted by atomic mass is 9.84. The monoisotopic (exact) mass is 229 g/mol. The van der Waals surface area contributed by atoms with Gasteiger partial charge in [-0.2, -0.15) is 0 Å². The van der Waals surface area contributed by atoms with Gasteiger partial charge in [0, 0.05) is 18.8 Å². The van der Waals surface area contributed by atoms with Crippen molar-refractivity contribution in [1.82, 2.24) is 0 Å². The molecule has 0 bridgehead atoms. The highest BCUT2D eigenvalue weighted by atomic mass is 15.1. The summed E-state index contributed by atoms with van der Waals surface area (Å²) < 4.78 is 0. The highest BCUT2D eigenvalue weighted by molar-refractivity contribution is 5.48. The lowest BCUT2D eigenvalue weighted by Gasteiger charge is -2.23. The van der Waals surface area contributed by atoms with Crippen molar-refractivity contribution < 1.29 is 0 Å². The average molecular weight is 229 g/mol. The van der Waals surface area contributed by atoms with E-state index in [-0.39, 0.29) is 0 Å². The van der Waals surface area contributed by atoms with Crippen molar-refractivity contribution in [3.63, 3.8) is 0 Å². The molecule has 1 saturated heterocycles. The molecule has 2 fully saturated rings. The second kappa shape index (κ2) is 5.12. The Hall–Kier alpha value is -0.980. The lowest BCUT2D eigenvalue weighted by Crippen LogP contribution is -2.17. The van der Waals surface area contributed by atoms with Gasteiger partial charge in [-0.15, -0.1) is 0 Å². The molecule has 1 aliphatic carbocycles. The minimum absolute atomic E-state index is 0.844. The first kappa shape index (κ1) is 11.1. The summed E-state index contributed by atoms with van der Waals surface area (Å²) in [6.45, 7) is 2.51. The number of nitrogens with zero attached hydrogens (tertiary/aromatic N) is 1. The van der Waals surface area contributed by atoms with Crippen LogP contribution in [0.2, 0.25) is 0 Å². The Labute approximate surface area is 105 Å². The predicted octanol–water partition coefficient (Wildman–Crippen LogP) is 4.33. The van der Waals surface area contributed by atoms with Crippen LogP contribution in [-0.2, 0) is 0 Å². The molecule has 0 N–H and O–H groups in total. The molecule has 1 heterocycles. The zero-order valence-electron chi connectivity index (χ0n) is 10.7. The zero-order valence-corrected chi connectivity index (χ0v) is 10.7. The predicted molar refractivity (Wildman–Crippen MR) is 73.7 cm³/mol. The molecule has 1 heteroatoms. The van der Waals surface area contributed by atoms with E-state index >= 15 is 0 Å². The van der Waals surface area contributed by atoms with Crippen LogP contribution in [0.3, 0.4) is 0 Å². The van der Waals surface area contributed by atoms with Gasteiger partial charge in [0.1, 0.15) is 0 Å². The summed E-state index contributed by atoms with van der Waals surface area (Å²) in [5.41, 5.74) is 3.01.